The molecule has 4 heteroatoms. The third-order valence-corrected chi connectivity index (χ3v) is 11.1. The van der Waals surface area contributed by atoms with Crippen LogP contribution in [0.25, 0.3) is 111 Å². The molecule has 4 nitrogen and oxygen atoms in total. The fourth-order valence-electron chi connectivity index (χ4n) is 8.12. The first-order valence-electron chi connectivity index (χ1n) is 19.5. The molecule has 11 aromatic rings. The molecule has 0 saturated carbocycles. The number of pyridine rings is 1. The number of fused-ring (bicyclic) bond motifs is 5. The average molecular weight is 739 g/mol. The Morgan fingerprint density at radius 3 is 1.21 bits per heavy atom. The number of aromatic nitrogens is 4. The van der Waals surface area contributed by atoms with E-state index in [1.165, 1.54) is 38.1 Å². The highest BCUT2D eigenvalue weighted by Crippen LogP contribution is 2.41. The molecule has 0 bridgehead atoms. The van der Waals surface area contributed by atoms with Gasteiger partial charge in [0.2, 0.25) is 0 Å². The van der Waals surface area contributed by atoms with E-state index < -0.39 is 0 Å². The van der Waals surface area contributed by atoms with Crippen molar-refractivity contribution in [3.63, 3.8) is 0 Å². The number of benzene rings is 9. The standard InChI is InChI=1S/C54H34N4/c1-3-15-38(16-4-1)52-56-53(39-17-5-2-6-18-39)58-54(57-52)40-27-25-37(26-28-40)50-34-48(44-30-24-36-14-8-10-20-42(36)32-44)49-33-47(45-21-11-12-22-46(45)51(49)55-50)43-29-23-35-13-7-9-19-41(35)31-43/h1-34H. The van der Waals surface area contributed by atoms with Gasteiger partial charge < -0.3 is 0 Å². The van der Waals surface area contributed by atoms with Crippen LogP contribution in [0.2, 0.25) is 0 Å². The van der Waals surface area contributed by atoms with Crippen LogP contribution in [0.4, 0.5) is 0 Å². The largest absolute Gasteiger partial charge is 0.247 e. The van der Waals surface area contributed by atoms with Crippen molar-refractivity contribution < 1.29 is 0 Å². The highest BCUT2D eigenvalue weighted by Gasteiger charge is 2.18. The molecule has 0 atom stereocenters. The van der Waals surface area contributed by atoms with E-state index in [9.17, 15) is 0 Å². The van der Waals surface area contributed by atoms with Crippen LogP contribution in [0.15, 0.2) is 206 Å². The number of rotatable bonds is 6. The van der Waals surface area contributed by atoms with Gasteiger partial charge in [-0.25, -0.2) is 19.9 Å². The Kier molecular flexibility index (Phi) is 8.11. The Morgan fingerprint density at radius 1 is 0.241 bits per heavy atom. The normalized spacial score (nSPS) is 11.4. The van der Waals surface area contributed by atoms with E-state index in [1.54, 1.807) is 0 Å². The van der Waals surface area contributed by atoms with Crippen molar-refractivity contribution in [1.29, 1.82) is 0 Å². The molecule has 0 amide bonds. The van der Waals surface area contributed by atoms with Gasteiger partial charge in [-0.1, -0.05) is 182 Å². The van der Waals surface area contributed by atoms with Crippen LogP contribution in [0.1, 0.15) is 0 Å². The minimum atomic E-state index is 0.620. The maximum atomic E-state index is 5.48. The first-order chi connectivity index (χ1) is 28.7. The Morgan fingerprint density at radius 2 is 0.655 bits per heavy atom. The van der Waals surface area contributed by atoms with Gasteiger partial charge in [-0.2, -0.15) is 0 Å². The zero-order chi connectivity index (χ0) is 38.4. The summed E-state index contributed by atoms with van der Waals surface area (Å²) in [4.78, 5) is 20.3. The van der Waals surface area contributed by atoms with Crippen molar-refractivity contribution in [3.8, 4) is 67.7 Å². The lowest BCUT2D eigenvalue weighted by molar-refractivity contribution is 1.07. The Balaban J connectivity index is 1.09. The van der Waals surface area contributed by atoms with E-state index in [2.05, 4.69) is 146 Å². The van der Waals surface area contributed by atoms with Gasteiger partial charge in [0.15, 0.2) is 17.5 Å². The lowest BCUT2D eigenvalue weighted by Crippen LogP contribution is -2.00. The van der Waals surface area contributed by atoms with Crippen molar-refractivity contribution in [2.24, 2.45) is 0 Å². The van der Waals surface area contributed by atoms with Gasteiger partial charge in [-0.3, -0.25) is 0 Å². The lowest BCUT2D eigenvalue weighted by atomic mass is 9.90. The van der Waals surface area contributed by atoms with Crippen molar-refractivity contribution >= 4 is 43.2 Å². The summed E-state index contributed by atoms with van der Waals surface area (Å²) in [5.74, 6) is 1.90. The number of hydrogen-bond acceptors (Lipinski definition) is 4. The Hall–Kier alpha value is -7.82. The van der Waals surface area contributed by atoms with Crippen LogP contribution in [0.3, 0.4) is 0 Å². The van der Waals surface area contributed by atoms with Crippen molar-refractivity contribution in [1.82, 2.24) is 19.9 Å². The molecule has 0 N–H and O–H groups in total. The van der Waals surface area contributed by atoms with Crippen molar-refractivity contribution in [2.75, 3.05) is 0 Å². The van der Waals surface area contributed by atoms with Gasteiger partial charge in [-0.05, 0) is 73.5 Å². The number of hydrogen-bond donors (Lipinski definition) is 0. The molecule has 0 radical (unpaired) electrons. The Bertz CT molecular complexity index is 3260. The molecule has 0 spiro atoms. The Labute approximate surface area is 335 Å². The molecule has 2 heterocycles. The maximum absolute atomic E-state index is 5.48. The summed E-state index contributed by atoms with van der Waals surface area (Å²) in [5, 5.41) is 8.28. The maximum Gasteiger partial charge on any atom is 0.164 e. The number of nitrogens with zero attached hydrogens (tertiary/aromatic N) is 4. The second kappa shape index (κ2) is 14.0. The summed E-state index contributed by atoms with van der Waals surface area (Å²) >= 11 is 0. The first-order valence-corrected chi connectivity index (χ1v) is 19.5. The lowest BCUT2D eigenvalue weighted by Gasteiger charge is -2.16. The molecular weight excluding hydrogens is 705 g/mol. The van der Waals surface area contributed by atoms with Crippen molar-refractivity contribution in [2.45, 2.75) is 0 Å². The van der Waals surface area contributed by atoms with Gasteiger partial charge in [0.25, 0.3) is 0 Å². The van der Waals surface area contributed by atoms with E-state index >= 15 is 0 Å². The summed E-state index contributed by atoms with van der Waals surface area (Å²) < 4.78 is 0. The van der Waals surface area contributed by atoms with E-state index in [1.807, 2.05) is 60.7 Å². The fraction of sp³-hybridized carbons (Fsp3) is 0. The molecule has 11 rings (SSSR count). The minimum absolute atomic E-state index is 0.620. The molecule has 270 valence electrons. The van der Waals surface area contributed by atoms with Crippen LogP contribution >= 0.6 is 0 Å². The van der Waals surface area contributed by atoms with Gasteiger partial charge in [0.05, 0.1) is 11.2 Å². The van der Waals surface area contributed by atoms with Gasteiger partial charge in [0.1, 0.15) is 0 Å². The summed E-state index contributed by atoms with van der Waals surface area (Å²) in [5.41, 5.74) is 10.3. The highest BCUT2D eigenvalue weighted by atomic mass is 15.0. The van der Waals surface area contributed by atoms with Gasteiger partial charge >= 0.3 is 0 Å². The van der Waals surface area contributed by atoms with E-state index in [0.717, 1.165) is 55.4 Å². The molecule has 0 aliphatic heterocycles. The molecule has 2 aromatic heterocycles. The predicted molar refractivity (Wildman–Crippen MR) is 240 cm³/mol. The molecule has 0 aliphatic rings. The fourth-order valence-corrected chi connectivity index (χ4v) is 8.12. The second-order valence-corrected chi connectivity index (χ2v) is 14.7. The van der Waals surface area contributed by atoms with Gasteiger partial charge in [0, 0.05) is 33.0 Å². The summed E-state index contributed by atoms with van der Waals surface area (Å²) in [7, 11) is 0. The highest BCUT2D eigenvalue weighted by molar-refractivity contribution is 6.16. The molecule has 0 aliphatic carbocycles. The average Bonchev–Trinajstić information content (AvgIpc) is 3.31. The minimum Gasteiger partial charge on any atom is -0.247 e. The SMILES string of the molecule is c1ccc(-c2nc(-c3ccccc3)nc(-c3ccc(-c4cc(-c5ccc6ccccc6c5)c5cc(-c6ccc7ccccc7c6)c6ccccc6c5n4)cc3)n2)cc1. The van der Waals surface area contributed by atoms with E-state index in [-0.39, 0.29) is 0 Å². The van der Waals surface area contributed by atoms with Crippen LogP contribution in [0.5, 0.6) is 0 Å². The molecule has 0 unspecified atom stereocenters. The molecule has 0 saturated heterocycles. The quantitative estimate of drug-likeness (QED) is 0.159. The zero-order valence-electron chi connectivity index (χ0n) is 31.4. The van der Waals surface area contributed by atoms with E-state index in [4.69, 9.17) is 19.9 Å². The summed E-state index contributed by atoms with van der Waals surface area (Å²) in [6.07, 6.45) is 0. The monoisotopic (exact) mass is 738 g/mol. The van der Waals surface area contributed by atoms with E-state index in [0.29, 0.717) is 17.5 Å². The zero-order valence-corrected chi connectivity index (χ0v) is 31.4. The summed E-state index contributed by atoms with van der Waals surface area (Å²) in [6.45, 7) is 0. The summed E-state index contributed by atoms with van der Waals surface area (Å²) in [6, 6.07) is 72.5. The second-order valence-electron chi connectivity index (χ2n) is 14.7. The topological polar surface area (TPSA) is 51.6 Å². The molecule has 0 fully saturated rings. The van der Waals surface area contributed by atoms with Crippen LogP contribution < -0.4 is 0 Å². The molecule has 9 aromatic carbocycles. The third kappa shape index (κ3) is 6.05. The van der Waals surface area contributed by atoms with Crippen LogP contribution in [0, 0.1) is 0 Å². The van der Waals surface area contributed by atoms with Crippen LogP contribution in [-0.2, 0) is 0 Å². The van der Waals surface area contributed by atoms with Crippen molar-refractivity contribution in [3.05, 3.63) is 206 Å². The molecule has 58 heavy (non-hydrogen) atoms. The van der Waals surface area contributed by atoms with Gasteiger partial charge in [-0.15, -0.1) is 0 Å². The molecular formula is C54H34N4. The smallest absolute Gasteiger partial charge is 0.164 e. The third-order valence-electron chi connectivity index (χ3n) is 11.1. The first kappa shape index (κ1) is 33.5. The predicted octanol–water partition coefficient (Wildman–Crippen LogP) is 13.9. The van der Waals surface area contributed by atoms with Crippen LogP contribution in [-0.4, -0.2) is 19.9 Å².